The lowest BCUT2D eigenvalue weighted by Crippen LogP contribution is -2.45. The van der Waals surface area contributed by atoms with Crippen LogP contribution < -0.4 is 10.2 Å². The zero-order chi connectivity index (χ0) is 15.6. The van der Waals surface area contributed by atoms with Crippen LogP contribution in [0.2, 0.25) is 0 Å². The van der Waals surface area contributed by atoms with Gasteiger partial charge in [0.2, 0.25) is 0 Å². The van der Waals surface area contributed by atoms with Gasteiger partial charge in [0.1, 0.15) is 0 Å². The molecule has 1 unspecified atom stereocenters. The SMILES string of the molecule is CS(=O)(=O)c1cccc(N2CCNC(c3ccccc3)C2)c1. The predicted molar refractivity (Wildman–Crippen MR) is 89.0 cm³/mol. The molecule has 1 saturated heterocycles. The normalized spacial score (nSPS) is 19.1. The molecule has 1 fully saturated rings. The van der Waals surface area contributed by atoms with Crippen LogP contribution in [0.15, 0.2) is 59.5 Å². The summed E-state index contributed by atoms with van der Waals surface area (Å²) in [6.45, 7) is 2.58. The second kappa shape index (κ2) is 6.10. The summed E-state index contributed by atoms with van der Waals surface area (Å²) in [5, 5.41) is 3.52. The number of sulfone groups is 1. The smallest absolute Gasteiger partial charge is 0.175 e. The molecule has 0 amide bonds. The van der Waals surface area contributed by atoms with E-state index >= 15 is 0 Å². The Hall–Kier alpha value is -1.85. The van der Waals surface area contributed by atoms with Gasteiger partial charge in [0.25, 0.3) is 0 Å². The van der Waals surface area contributed by atoms with Crippen LogP contribution in [0.25, 0.3) is 0 Å². The fraction of sp³-hybridized carbons (Fsp3) is 0.294. The highest BCUT2D eigenvalue weighted by Crippen LogP contribution is 2.24. The summed E-state index contributed by atoms with van der Waals surface area (Å²) in [6.07, 6.45) is 1.25. The molecule has 5 heteroatoms. The van der Waals surface area contributed by atoms with Gasteiger partial charge in [-0.05, 0) is 23.8 Å². The van der Waals surface area contributed by atoms with Gasteiger partial charge in [-0.3, -0.25) is 0 Å². The van der Waals surface area contributed by atoms with Crippen molar-refractivity contribution in [3.63, 3.8) is 0 Å². The monoisotopic (exact) mass is 316 g/mol. The topological polar surface area (TPSA) is 49.4 Å². The highest BCUT2D eigenvalue weighted by molar-refractivity contribution is 7.90. The highest BCUT2D eigenvalue weighted by Gasteiger charge is 2.21. The second-order valence-corrected chi connectivity index (χ2v) is 7.65. The molecule has 22 heavy (non-hydrogen) atoms. The van der Waals surface area contributed by atoms with E-state index < -0.39 is 9.84 Å². The van der Waals surface area contributed by atoms with Crippen molar-refractivity contribution in [1.29, 1.82) is 0 Å². The van der Waals surface area contributed by atoms with Crippen molar-refractivity contribution in [2.45, 2.75) is 10.9 Å². The molecule has 0 spiro atoms. The Kier molecular flexibility index (Phi) is 4.18. The van der Waals surface area contributed by atoms with E-state index in [-0.39, 0.29) is 6.04 Å². The van der Waals surface area contributed by atoms with Crippen molar-refractivity contribution >= 4 is 15.5 Å². The highest BCUT2D eigenvalue weighted by atomic mass is 32.2. The molecule has 0 radical (unpaired) electrons. The predicted octanol–water partition coefficient (Wildman–Crippen LogP) is 2.24. The van der Waals surface area contributed by atoms with E-state index in [4.69, 9.17) is 0 Å². The first-order valence-corrected chi connectivity index (χ1v) is 9.26. The maximum atomic E-state index is 11.7. The van der Waals surface area contributed by atoms with Gasteiger partial charge in [-0.2, -0.15) is 0 Å². The minimum atomic E-state index is -3.17. The summed E-state index contributed by atoms with van der Waals surface area (Å²) in [4.78, 5) is 2.61. The van der Waals surface area contributed by atoms with Crippen LogP contribution in [0.4, 0.5) is 5.69 Å². The van der Waals surface area contributed by atoms with Gasteiger partial charge in [-0.15, -0.1) is 0 Å². The van der Waals surface area contributed by atoms with Gasteiger partial charge < -0.3 is 10.2 Å². The Bertz CT molecular complexity index is 744. The molecule has 1 atom stereocenters. The van der Waals surface area contributed by atoms with Crippen molar-refractivity contribution < 1.29 is 8.42 Å². The maximum absolute atomic E-state index is 11.7. The summed E-state index contributed by atoms with van der Waals surface area (Å²) in [5.74, 6) is 0. The van der Waals surface area contributed by atoms with Gasteiger partial charge in [0.05, 0.1) is 4.90 Å². The number of benzene rings is 2. The molecule has 0 saturated carbocycles. The minimum absolute atomic E-state index is 0.261. The number of nitrogens with zero attached hydrogens (tertiary/aromatic N) is 1. The summed E-state index contributed by atoms with van der Waals surface area (Å²) in [5.41, 5.74) is 2.22. The van der Waals surface area contributed by atoms with E-state index in [9.17, 15) is 8.42 Å². The van der Waals surface area contributed by atoms with Crippen LogP contribution in [0.1, 0.15) is 11.6 Å². The summed E-state index contributed by atoms with van der Waals surface area (Å²) < 4.78 is 23.4. The Balaban J connectivity index is 1.83. The quantitative estimate of drug-likeness (QED) is 0.943. The fourth-order valence-electron chi connectivity index (χ4n) is 2.80. The van der Waals surface area contributed by atoms with Crippen LogP contribution in [0, 0.1) is 0 Å². The third-order valence-corrected chi connectivity index (χ3v) is 5.10. The average Bonchev–Trinajstić information content (AvgIpc) is 2.55. The van der Waals surface area contributed by atoms with Gasteiger partial charge in [0, 0.05) is 37.6 Å². The number of piperazine rings is 1. The first-order valence-electron chi connectivity index (χ1n) is 7.37. The molecule has 0 aliphatic carbocycles. The molecule has 1 heterocycles. The number of rotatable bonds is 3. The number of hydrogen-bond donors (Lipinski definition) is 1. The Morgan fingerprint density at radius 3 is 2.59 bits per heavy atom. The van der Waals surface area contributed by atoms with Crippen LogP contribution in [0.3, 0.4) is 0 Å². The molecule has 1 aliphatic heterocycles. The molecule has 1 N–H and O–H groups in total. The molecule has 1 aliphatic rings. The van der Waals surface area contributed by atoms with E-state index in [1.165, 1.54) is 11.8 Å². The van der Waals surface area contributed by atoms with Crippen molar-refractivity contribution in [3.8, 4) is 0 Å². The summed E-state index contributed by atoms with van der Waals surface area (Å²) in [7, 11) is -3.17. The Morgan fingerprint density at radius 1 is 1.09 bits per heavy atom. The van der Waals surface area contributed by atoms with E-state index in [1.807, 2.05) is 30.3 Å². The van der Waals surface area contributed by atoms with Crippen molar-refractivity contribution in [1.82, 2.24) is 5.32 Å². The lowest BCUT2D eigenvalue weighted by molar-refractivity contribution is 0.472. The van der Waals surface area contributed by atoms with Crippen LogP contribution >= 0.6 is 0 Å². The van der Waals surface area contributed by atoms with Gasteiger partial charge in [0.15, 0.2) is 9.84 Å². The van der Waals surface area contributed by atoms with Crippen LogP contribution in [-0.4, -0.2) is 34.3 Å². The van der Waals surface area contributed by atoms with Crippen molar-refractivity contribution in [3.05, 3.63) is 60.2 Å². The van der Waals surface area contributed by atoms with Crippen molar-refractivity contribution in [2.24, 2.45) is 0 Å². The molecule has 116 valence electrons. The van der Waals surface area contributed by atoms with Crippen LogP contribution in [0.5, 0.6) is 0 Å². The molecule has 4 nitrogen and oxygen atoms in total. The third-order valence-electron chi connectivity index (χ3n) is 3.99. The lowest BCUT2D eigenvalue weighted by atomic mass is 10.0. The summed E-state index contributed by atoms with van der Waals surface area (Å²) >= 11 is 0. The number of hydrogen-bond acceptors (Lipinski definition) is 4. The number of anilines is 1. The first kappa shape index (κ1) is 15.1. The Labute approximate surface area is 131 Å². The third kappa shape index (κ3) is 3.31. The summed E-state index contributed by atoms with van der Waals surface area (Å²) in [6, 6.07) is 17.8. The lowest BCUT2D eigenvalue weighted by Gasteiger charge is -2.35. The fourth-order valence-corrected chi connectivity index (χ4v) is 3.46. The van der Waals surface area contributed by atoms with Gasteiger partial charge in [-0.1, -0.05) is 36.4 Å². The zero-order valence-electron chi connectivity index (χ0n) is 12.6. The average molecular weight is 316 g/mol. The molecule has 0 bridgehead atoms. The molecular weight excluding hydrogens is 296 g/mol. The van der Waals surface area contributed by atoms with E-state index in [0.717, 1.165) is 25.3 Å². The second-order valence-electron chi connectivity index (χ2n) is 5.63. The van der Waals surface area contributed by atoms with E-state index in [2.05, 4.69) is 22.3 Å². The molecule has 3 rings (SSSR count). The van der Waals surface area contributed by atoms with Gasteiger partial charge >= 0.3 is 0 Å². The van der Waals surface area contributed by atoms with Crippen molar-refractivity contribution in [2.75, 3.05) is 30.8 Å². The minimum Gasteiger partial charge on any atom is -0.368 e. The maximum Gasteiger partial charge on any atom is 0.175 e. The van der Waals surface area contributed by atoms with E-state index in [0.29, 0.717) is 4.90 Å². The molecular formula is C17H20N2O2S. The standard InChI is InChI=1S/C17H20N2O2S/c1-22(20,21)16-9-5-8-15(12-16)19-11-10-18-17(13-19)14-6-3-2-4-7-14/h2-9,12,17-18H,10-11,13H2,1H3. The zero-order valence-corrected chi connectivity index (χ0v) is 13.4. The molecule has 2 aromatic carbocycles. The largest absolute Gasteiger partial charge is 0.368 e. The van der Waals surface area contributed by atoms with E-state index in [1.54, 1.807) is 12.1 Å². The van der Waals surface area contributed by atoms with Crippen LogP contribution in [-0.2, 0) is 9.84 Å². The first-order chi connectivity index (χ1) is 10.5. The molecule has 2 aromatic rings. The Morgan fingerprint density at radius 2 is 1.86 bits per heavy atom. The van der Waals surface area contributed by atoms with Gasteiger partial charge in [-0.25, -0.2) is 8.42 Å². The molecule has 0 aromatic heterocycles. The number of nitrogens with one attached hydrogen (secondary N) is 1.